The topological polar surface area (TPSA) is 66.8 Å². The number of likely N-dealkylation sites (tertiary alicyclic amines) is 1. The summed E-state index contributed by atoms with van der Waals surface area (Å²) in [5.74, 6) is -0.232. The number of aliphatic carboxylic acids is 1. The molecule has 1 aliphatic heterocycles. The van der Waals surface area contributed by atoms with E-state index < -0.39 is 5.97 Å². The molecule has 2 rings (SSSR count). The average molecular weight is 291 g/mol. The predicted molar refractivity (Wildman–Crippen MR) is 78.2 cm³/mol. The second kappa shape index (κ2) is 7.11. The highest BCUT2D eigenvalue weighted by Gasteiger charge is 2.26. The number of para-hydroxylation sites is 1. The zero-order valence-corrected chi connectivity index (χ0v) is 12.2. The lowest BCUT2D eigenvalue weighted by Crippen LogP contribution is -2.40. The Labute approximate surface area is 124 Å². The molecule has 1 aromatic carbocycles. The Hall–Kier alpha value is -2.04. The summed E-state index contributed by atoms with van der Waals surface area (Å²) < 4.78 is 5.62. The normalized spacial score (nSPS) is 15.8. The number of rotatable bonds is 5. The SMILES string of the molecule is Cc1ccccc1OCCC(=O)N1CCC(C(=O)O)CC1. The van der Waals surface area contributed by atoms with Gasteiger partial charge in [0.1, 0.15) is 5.75 Å². The molecule has 0 saturated carbocycles. The molecule has 114 valence electrons. The number of ether oxygens (including phenoxy) is 1. The number of nitrogens with zero attached hydrogens (tertiary/aromatic N) is 1. The lowest BCUT2D eigenvalue weighted by Gasteiger charge is -2.30. The minimum absolute atomic E-state index is 0.0347. The van der Waals surface area contributed by atoms with Gasteiger partial charge in [-0.2, -0.15) is 0 Å². The van der Waals surface area contributed by atoms with Gasteiger partial charge in [0.05, 0.1) is 18.9 Å². The first-order valence-corrected chi connectivity index (χ1v) is 7.27. The van der Waals surface area contributed by atoms with Crippen molar-refractivity contribution < 1.29 is 19.4 Å². The van der Waals surface area contributed by atoms with Crippen LogP contribution in [0.15, 0.2) is 24.3 Å². The highest BCUT2D eigenvalue weighted by Crippen LogP contribution is 2.19. The second-order valence-corrected chi connectivity index (χ2v) is 5.36. The van der Waals surface area contributed by atoms with Crippen LogP contribution in [0.3, 0.4) is 0 Å². The average Bonchev–Trinajstić information content (AvgIpc) is 2.49. The first-order valence-electron chi connectivity index (χ1n) is 7.27. The van der Waals surface area contributed by atoms with Crippen LogP contribution < -0.4 is 4.74 Å². The van der Waals surface area contributed by atoms with Gasteiger partial charge in [0.15, 0.2) is 0 Å². The summed E-state index contributed by atoms with van der Waals surface area (Å²) >= 11 is 0. The zero-order chi connectivity index (χ0) is 15.2. The van der Waals surface area contributed by atoms with Gasteiger partial charge < -0.3 is 14.7 Å². The Morgan fingerprint density at radius 3 is 2.57 bits per heavy atom. The molecular formula is C16H21NO4. The fourth-order valence-electron chi connectivity index (χ4n) is 2.50. The number of hydrogen-bond acceptors (Lipinski definition) is 3. The third-order valence-corrected chi connectivity index (χ3v) is 3.86. The van der Waals surface area contributed by atoms with Crippen molar-refractivity contribution in [2.24, 2.45) is 5.92 Å². The van der Waals surface area contributed by atoms with Crippen LogP contribution in [0, 0.1) is 12.8 Å². The molecule has 0 atom stereocenters. The molecular weight excluding hydrogens is 270 g/mol. The molecule has 1 saturated heterocycles. The number of carboxylic acids is 1. The largest absolute Gasteiger partial charge is 0.493 e. The van der Waals surface area contributed by atoms with Crippen molar-refractivity contribution in [1.82, 2.24) is 4.90 Å². The van der Waals surface area contributed by atoms with E-state index in [0.717, 1.165) is 11.3 Å². The third kappa shape index (κ3) is 4.21. The number of hydrogen-bond donors (Lipinski definition) is 1. The fraction of sp³-hybridized carbons (Fsp3) is 0.500. The van der Waals surface area contributed by atoms with Gasteiger partial charge in [-0.05, 0) is 31.4 Å². The summed E-state index contributed by atoms with van der Waals surface area (Å²) in [6, 6.07) is 7.70. The number of carbonyl (C=O) groups excluding carboxylic acids is 1. The molecule has 5 heteroatoms. The van der Waals surface area contributed by atoms with E-state index in [2.05, 4.69) is 0 Å². The van der Waals surface area contributed by atoms with E-state index in [9.17, 15) is 9.59 Å². The van der Waals surface area contributed by atoms with Gasteiger partial charge in [-0.3, -0.25) is 9.59 Å². The van der Waals surface area contributed by atoms with Gasteiger partial charge in [0, 0.05) is 13.1 Å². The molecule has 5 nitrogen and oxygen atoms in total. The number of aryl methyl sites for hydroxylation is 1. The first-order chi connectivity index (χ1) is 10.1. The quantitative estimate of drug-likeness (QED) is 0.902. The Kier molecular flexibility index (Phi) is 5.20. The maximum atomic E-state index is 12.0. The van der Waals surface area contributed by atoms with Gasteiger partial charge in [0.25, 0.3) is 0 Å². The van der Waals surface area contributed by atoms with Crippen molar-refractivity contribution in [3.8, 4) is 5.75 Å². The fourth-order valence-corrected chi connectivity index (χ4v) is 2.50. The van der Waals surface area contributed by atoms with Gasteiger partial charge in [-0.25, -0.2) is 0 Å². The highest BCUT2D eigenvalue weighted by molar-refractivity contribution is 5.77. The van der Waals surface area contributed by atoms with Gasteiger partial charge >= 0.3 is 5.97 Å². The van der Waals surface area contributed by atoms with E-state index in [1.54, 1.807) is 4.90 Å². The van der Waals surface area contributed by atoms with Crippen LogP contribution in [0.1, 0.15) is 24.8 Å². The summed E-state index contributed by atoms with van der Waals surface area (Å²) in [6.07, 6.45) is 1.41. The van der Waals surface area contributed by atoms with Crippen LogP contribution in [0.5, 0.6) is 5.75 Å². The number of carbonyl (C=O) groups is 2. The Morgan fingerprint density at radius 2 is 1.95 bits per heavy atom. The van der Waals surface area contributed by atoms with Crippen LogP contribution in [0.25, 0.3) is 0 Å². The molecule has 1 aromatic rings. The first kappa shape index (κ1) is 15.4. The minimum atomic E-state index is -0.759. The molecule has 1 fully saturated rings. The van der Waals surface area contributed by atoms with Crippen molar-refractivity contribution in [2.75, 3.05) is 19.7 Å². The molecule has 0 aliphatic carbocycles. The number of benzene rings is 1. The molecule has 0 aromatic heterocycles. The Bertz CT molecular complexity index is 507. The Morgan fingerprint density at radius 1 is 1.29 bits per heavy atom. The van der Waals surface area contributed by atoms with Crippen molar-refractivity contribution in [2.45, 2.75) is 26.2 Å². The molecule has 1 aliphatic rings. The van der Waals surface area contributed by atoms with Crippen molar-refractivity contribution >= 4 is 11.9 Å². The summed E-state index contributed by atoms with van der Waals surface area (Å²) in [6.45, 7) is 3.37. The molecule has 0 unspecified atom stereocenters. The number of piperidine rings is 1. The predicted octanol–water partition coefficient (Wildman–Crippen LogP) is 2.09. The summed E-state index contributed by atoms with van der Waals surface area (Å²) in [4.78, 5) is 24.7. The second-order valence-electron chi connectivity index (χ2n) is 5.36. The Balaban J connectivity index is 1.73. The number of amides is 1. The maximum absolute atomic E-state index is 12.0. The van der Waals surface area contributed by atoms with Crippen LogP contribution in [-0.4, -0.2) is 41.6 Å². The lowest BCUT2D eigenvalue weighted by atomic mass is 9.97. The highest BCUT2D eigenvalue weighted by atomic mass is 16.5. The third-order valence-electron chi connectivity index (χ3n) is 3.86. The standard InChI is InChI=1S/C16H21NO4/c1-12-4-2-3-5-14(12)21-11-8-15(18)17-9-6-13(7-10-17)16(19)20/h2-5,13H,6-11H2,1H3,(H,19,20). The summed E-state index contributed by atoms with van der Waals surface area (Å²) in [7, 11) is 0. The molecule has 0 bridgehead atoms. The summed E-state index contributed by atoms with van der Waals surface area (Å²) in [5, 5.41) is 8.93. The van der Waals surface area contributed by atoms with E-state index >= 15 is 0 Å². The smallest absolute Gasteiger partial charge is 0.306 e. The van der Waals surface area contributed by atoms with Crippen molar-refractivity contribution in [3.63, 3.8) is 0 Å². The van der Waals surface area contributed by atoms with Crippen LogP contribution in [0.4, 0.5) is 0 Å². The molecule has 21 heavy (non-hydrogen) atoms. The van der Waals surface area contributed by atoms with E-state index in [-0.39, 0.29) is 11.8 Å². The van der Waals surface area contributed by atoms with Crippen molar-refractivity contribution in [3.05, 3.63) is 29.8 Å². The van der Waals surface area contributed by atoms with Gasteiger partial charge in [0.2, 0.25) is 5.91 Å². The van der Waals surface area contributed by atoms with Crippen molar-refractivity contribution in [1.29, 1.82) is 0 Å². The molecule has 1 N–H and O–H groups in total. The molecule has 0 radical (unpaired) electrons. The monoisotopic (exact) mass is 291 g/mol. The van der Waals surface area contributed by atoms with Crippen LogP contribution >= 0.6 is 0 Å². The zero-order valence-electron chi connectivity index (χ0n) is 12.2. The van der Waals surface area contributed by atoms with Gasteiger partial charge in [-0.1, -0.05) is 18.2 Å². The minimum Gasteiger partial charge on any atom is -0.493 e. The van der Waals surface area contributed by atoms with E-state index in [4.69, 9.17) is 9.84 Å². The van der Waals surface area contributed by atoms with E-state index in [1.165, 1.54) is 0 Å². The molecule has 0 spiro atoms. The molecule has 1 amide bonds. The van der Waals surface area contributed by atoms with E-state index in [0.29, 0.717) is 39.0 Å². The number of carboxylic acid groups (broad SMARTS) is 1. The molecule has 1 heterocycles. The lowest BCUT2D eigenvalue weighted by molar-refractivity contribution is -0.145. The summed E-state index contributed by atoms with van der Waals surface area (Å²) in [5.41, 5.74) is 1.05. The van der Waals surface area contributed by atoms with Gasteiger partial charge in [-0.15, -0.1) is 0 Å². The maximum Gasteiger partial charge on any atom is 0.306 e. The van der Waals surface area contributed by atoms with E-state index in [1.807, 2.05) is 31.2 Å². The van der Waals surface area contributed by atoms with Crippen LogP contribution in [-0.2, 0) is 9.59 Å². The van der Waals surface area contributed by atoms with Crippen LogP contribution in [0.2, 0.25) is 0 Å².